The summed E-state index contributed by atoms with van der Waals surface area (Å²) in [6.45, 7) is 4.30. The fourth-order valence-corrected chi connectivity index (χ4v) is 3.17. The normalized spacial score (nSPS) is 15.4. The number of nitriles is 1. The number of para-hydroxylation sites is 2. The molecule has 4 heteroatoms. The van der Waals surface area contributed by atoms with Crippen LogP contribution < -0.4 is 9.64 Å². The molecular formula is C20H20N2O2. The Morgan fingerprint density at radius 1 is 1.08 bits per heavy atom. The van der Waals surface area contributed by atoms with Gasteiger partial charge in [0.1, 0.15) is 5.75 Å². The van der Waals surface area contributed by atoms with Crippen LogP contribution in [0.1, 0.15) is 37.8 Å². The van der Waals surface area contributed by atoms with Gasteiger partial charge in [-0.05, 0) is 36.6 Å². The van der Waals surface area contributed by atoms with Crippen LogP contribution in [0.3, 0.4) is 0 Å². The Hall–Kier alpha value is -2.80. The second kappa shape index (κ2) is 6.37. The van der Waals surface area contributed by atoms with E-state index in [-0.39, 0.29) is 5.91 Å². The maximum atomic E-state index is 13.2. The molecule has 24 heavy (non-hydrogen) atoms. The van der Waals surface area contributed by atoms with Crippen LogP contribution in [0.15, 0.2) is 48.5 Å². The van der Waals surface area contributed by atoms with Gasteiger partial charge in [0.15, 0.2) is 5.60 Å². The summed E-state index contributed by atoms with van der Waals surface area (Å²) in [7, 11) is 0. The van der Waals surface area contributed by atoms with Crippen molar-refractivity contribution in [2.24, 2.45) is 0 Å². The molecule has 0 atom stereocenters. The zero-order valence-electron chi connectivity index (χ0n) is 14.0. The summed E-state index contributed by atoms with van der Waals surface area (Å²) in [5.41, 5.74) is 1.35. The molecule has 0 aliphatic carbocycles. The Bertz CT molecular complexity index is 803. The number of anilines is 1. The van der Waals surface area contributed by atoms with Crippen molar-refractivity contribution in [1.29, 1.82) is 5.26 Å². The minimum absolute atomic E-state index is 0.0426. The molecule has 0 radical (unpaired) electrons. The Morgan fingerprint density at radius 3 is 2.46 bits per heavy atom. The Labute approximate surface area is 142 Å². The SMILES string of the molecule is CCC1(CC)Oc2ccccc2N(Cc2ccccc2C#N)C1=O. The van der Waals surface area contributed by atoms with E-state index in [1.54, 1.807) is 11.0 Å². The maximum Gasteiger partial charge on any atom is 0.271 e. The van der Waals surface area contributed by atoms with Crippen LogP contribution in [0.2, 0.25) is 0 Å². The van der Waals surface area contributed by atoms with E-state index in [2.05, 4.69) is 6.07 Å². The average molecular weight is 320 g/mol. The van der Waals surface area contributed by atoms with Crippen molar-refractivity contribution in [3.8, 4) is 11.8 Å². The Kier molecular flexibility index (Phi) is 4.26. The van der Waals surface area contributed by atoms with Crippen molar-refractivity contribution < 1.29 is 9.53 Å². The Balaban J connectivity index is 2.08. The first kappa shape index (κ1) is 16.1. The van der Waals surface area contributed by atoms with Gasteiger partial charge in [-0.15, -0.1) is 0 Å². The molecule has 0 fully saturated rings. The smallest absolute Gasteiger partial charge is 0.271 e. The summed E-state index contributed by atoms with van der Waals surface area (Å²) in [4.78, 5) is 14.9. The van der Waals surface area contributed by atoms with E-state index in [0.717, 1.165) is 17.0 Å². The van der Waals surface area contributed by atoms with E-state index in [1.807, 2.05) is 56.3 Å². The molecule has 2 aromatic carbocycles. The van der Waals surface area contributed by atoms with Crippen molar-refractivity contribution in [2.75, 3.05) is 4.90 Å². The summed E-state index contributed by atoms with van der Waals surface area (Å²) in [5.74, 6) is 0.675. The third-order valence-corrected chi connectivity index (χ3v) is 4.70. The van der Waals surface area contributed by atoms with Crippen LogP contribution in [-0.4, -0.2) is 11.5 Å². The first-order valence-electron chi connectivity index (χ1n) is 8.23. The highest BCUT2D eigenvalue weighted by molar-refractivity contribution is 6.02. The molecule has 0 saturated carbocycles. The number of rotatable bonds is 4. The number of fused-ring (bicyclic) bond motifs is 1. The summed E-state index contributed by atoms with van der Waals surface area (Å²) in [6, 6.07) is 17.2. The Morgan fingerprint density at radius 2 is 1.75 bits per heavy atom. The topological polar surface area (TPSA) is 53.3 Å². The van der Waals surface area contributed by atoms with Crippen LogP contribution in [0.5, 0.6) is 5.75 Å². The summed E-state index contributed by atoms with van der Waals surface area (Å²) < 4.78 is 6.10. The van der Waals surface area contributed by atoms with Crippen molar-refractivity contribution >= 4 is 11.6 Å². The number of amides is 1. The van der Waals surface area contributed by atoms with Crippen LogP contribution in [-0.2, 0) is 11.3 Å². The first-order chi connectivity index (χ1) is 11.6. The van der Waals surface area contributed by atoms with Crippen molar-refractivity contribution in [3.63, 3.8) is 0 Å². The molecule has 1 amide bonds. The van der Waals surface area contributed by atoms with Crippen molar-refractivity contribution in [3.05, 3.63) is 59.7 Å². The monoisotopic (exact) mass is 320 g/mol. The van der Waals surface area contributed by atoms with Crippen molar-refractivity contribution in [1.82, 2.24) is 0 Å². The number of ether oxygens (including phenoxy) is 1. The van der Waals surface area contributed by atoms with Gasteiger partial charge in [-0.3, -0.25) is 4.79 Å². The lowest BCUT2D eigenvalue weighted by molar-refractivity contribution is -0.136. The number of benzene rings is 2. The highest BCUT2D eigenvalue weighted by Crippen LogP contribution is 2.41. The van der Waals surface area contributed by atoms with Gasteiger partial charge in [-0.25, -0.2) is 0 Å². The zero-order chi connectivity index (χ0) is 17.2. The van der Waals surface area contributed by atoms with Gasteiger partial charge < -0.3 is 9.64 Å². The first-order valence-corrected chi connectivity index (χ1v) is 8.23. The van der Waals surface area contributed by atoms with E-state index in [9.17, 15) is 10.1 Å². The van der Waals surface area contributed by atoms with Gasteiger partial charge in [0.05, 0.1) is 23.9 Å². The fraction of sp³-hybridized carbons (Fsp3) is 0.300. The van der Waals surface area contributed by atoms with E-state index in [1.165, 1.54) is 0 Å². The lowest BCUT2D eigenvalue weighted by Crippen LogP contribution is -2.55. The van der Waals surface area contributed by atoms with Gasteiger partial charge >= 0.3 is 0 Å². The molecule has 1 aliphatic rings. The highest BCUT2D eigenvalue weighted by Gasteiger charge is 2.45. The predicted molar refractivity (Wildman–Crippen MR) is 92.7 cm³/mol. The second-order valence-corrected chi connectivity index (χ2v) is 5.93. The van der Waals surface area contributed by atoms with E-state index < -0.39 is 5.60 Å². The highest BCUT2D eigenvalue weighted by atomic mass is 16.5. The lowest BCUT2D eigenvalue weighted by atomic mass is 9.92. The third kappa shape index (κ3) is 2.52. The predicted octanol–water partition coefficient (Wildman–Crippen LogP) is 4.04. The molecule has 1 heterocycles. The second-order valence-electron chi connectivity index (χ2n) is 5.93. The summed E-state index contributed by atoms with van der Waals surface area (Å²) >= 11 is 0. The number of carbonyl (C=O) groups is 1. The fourth-order valence-electron chi connectivity index (χ4n) is 3.17. The van der Waals surface area contributed by atoms with Gasteiger partial charge in [0.25, 0.3) is 5.91 Å². The molecule has 0 N–H and O–H groups in total. The lowest BCUT2D eigenvalue weighted by Gasteiger charge is -2.42. The molecule has 1 aliphatic heterocycles. The molecule has 0 bridgehead atoms. The average Bonchev–Trinajstić information content (AvgIpc) is 2.64. The van der Waals surface area contributed by atoms with Crippen LogP contribution in [0, 0.1) is 11.3 Å². The molecular weight excluding hydrogens is 300 g/mol. The van der Waals surface area contributed by atoms with Crippen LogP contribution in [0.4, 0.5) is 5.69 Å². The molecule has 0 spiro atoms. The summed E-state index contributed by atoms with van der Waals surface area (Å²) in [6.07, 6.45) is 1.21. The standard InChI is InChI=1S/C20H20N2O2/c1-3-20(4-2)19(23)22(17-11-7-8-12-18(17)24-20)14-16-10-6-5-9-15(16)13-21/h5-12H,3-4,14H2,1-2H3. The molecule has 3 rings (SSSR count). The maximum absolute atomic E-state index is 13.2. The van der Waals surface area contributed by atoms with E-state index in [0.29, 0.717) is 24.9 Å². The van der Waals surface area contributed by atoms with E-state index >= 15 is 0 Å². The minimum atomic E-state index is -0.837. The zero-order valence-corrected chi connectivity index (χ0v) is 14.0. The van der Waals surface area contributed by atoms with E-state index in [4.69, 9.17) is 4.74 Å². The number of hydrogen-bond donors (Lipinski definition) is 0. The molecule has 122 valence electrons. The summed E-state index contributed by atoms with van der Waals surface area (Å²) in [5, 5.41) is 9.33. The molecule has 2 aromatic rings. The minimum Gasteiger partial charge on any atom is -0.475 e. The molecule has 0 aromatic heterocycles. The molecule has 0 saturated heterocycles. The van der Waals surface area contributed by atoms with Gasteiger partial charge in [0.2, 0.25) is 0 Å². The van der Waals surface area contributed by atoms with Crippen LogP contribution >= 0.6 is 0 Å². The van der Waals surface area contributed by atoms with Gasteiger partial charge in [0, 0.05) is 0 Å². The third-order valence-electron chi connectivity index (χ3n) is 4.70. The number of nitrogens with zero attached hydrogens (tertiary/aromatic N) is 2. The molecule has 4 nitrogen and oxygen atoms in total. The quantitative estimate of drug-likeness (QED) is 0.854. The van der Waals surface area contributed by atoms with Gasteiger partial charge in [-0.2, -0.15) is 5.26 Å². The van der Waals surface area contributed by atoms with Crippen molar-refractivity contribution in [2.45, 2.75) is 38.8 Å². The van der Waals surface area contributed by atoms with Gasteiger partial charge in [-0.1, -0.05) is 44.2 Å². The number of carbonyl (C=O) groups excluding carboxylic acids is 1. The van der Waals surface area contributed by atoms with Crippen LogP contribution in [0.25, 0.3) is 0 Å². The molecule has 0 unspecified atom stereocenters. The number of hydrogen-bond acceptors (Lipinski definition) is 3. The largest absolute Gasteiger partial charge is 0.475 e.